The van der Waals surface area contributed by atoms with Gasteiger partial charge in [0.15, 0.2) is 11.6 Å². The van der Waals surface area contributed by atoms with E-state index in [0.29, 0.717) is 12.2 Å². The predicted molar refractivity (Wildman–Crippen MR) is 69.8 cm³/mol. The Bertz CT molecular complexity index is 588. The summed E-state index contributed by atoms with van der Waals surface area (Å²) in [5.74, 6) is 0.899. The Morgan fingerprint density at radius 1 is 1.50 bits per heavy atom. The van der Waals surface area contributed by atoms with Crippen molar-refractivity contribution in [2.24, 2.45) is 7.05 Å². The number of para-hydroxylation sites is 1. The highest BCUT2D eigenvalue weighted by Crippen LogP contribution is 2.33. The quantitative estimate of drug-likeness (QED) is 0.838. The number of benzene rings is 1. The second kappa shape index (κ2) is 4.29. The predicted octanol–water partition coefficient (Wildman–Crippen LogP) is 2.20. The fraction of sp³-hybridized carbons (Fsp3) is 0.286. The first-order valence-corrected chi connectivity index (χ1v) is 6.09. The Kier molecular flexibility index (Phi) is 2.63. The van der Waals surface area contributed by atoms with Crippen LogP contribution < -0.4 is 5.32 Å². The number of nitrogens with zero attached hydrogens (tertiary/aromatic N) is 2. The van der Waals surface area contributed by atoms with Gasteiger partial charge in [0.25, 0.3) is 0 Å². The largest absolute Gasteiger partial charge is 0.384 e. The van der Waals surface area contributed by atoms with Crippen molar-refractivity contribution in [1.82, 2.24) is 9.55 Å². The highest BCUT2D eigenvalue weighted by atomic mass is 16.1. The summed E-state index contributed by atoms with van der Waals surface area (Å²) in [5, 5.41) is 3.34. The molecule has 1 aromatic carbocycles. The molecule has 1 N–H and O–H groups in total. The standard InChI is InChI=1S/C14H15N3O/c1-17-7-6-15-14(17)13(18)8-10-9-16-12-5-3-2-4-11(10)12/h2-7,10,16H,8-9H2,1H3. The molecule has 1 aliphatic heterocycles. The lowest BCUT2D eigenvalue weighted by atomic mass is 9.95. The zero-order valence-electron chi connectivity index (χ0n) is 10.3. The summed E-state index contributed by atoms with van der Waals surface area (Å²) in [6.45, 7) is 0.829. The van der Waals surface area contributed by atoms with Crippen molar-refractivity contribution in [2.75, 3.05) is 11.9 Å². The van der Waals surface area contributed by atoms with Gasteiger partial charge in [-0.15, -0.1) is 0 Å². The number of hydrogen-bond donors (Lipinski definition) is 1. The third-order valence-electron chi connectivity index (χ3n) is 3.44. The number of ketones is 1. The number of hydrogen-bond acceptors (Lipinski definition) is 3. The van der Waals surface area contributed by atoms with Crippen LogP contribution in [0.4, 0.5) is 5.69 Å². The SMILES string of the molecule is Cn1ccnc1C(=O)CC1CNc2ccccc21. The second-order valence-corrected chi connectivity index (χ2v) is 4.65. The van der Waals surface area contributed by atoms with E-state index in [9.17, 15) is 4.79 Å². The molecule has 0 amide bonds. The maximum Gasteiger partial charge on any atom is 0.198 e. The lowest BCUT2D eigenvalue weighted by Crippen LogP contribution is -2.13. The number of aromatic nitrogens is 2. The van der Waals surface area contributed by atoms with Gasteiger partial charge >= 0.3 is 0 Å². The summed E-state index contributed by atoms with van der Waals surface area (Å²) in [6.07, 6.45) is 3.97. The molecule has 2 heterocycles. The minimum absolute atomic E-state index is 0.103. The van der Waals surface area contributed by atoms with Crippen LogP contribution >= 0.6 is 0 Å². The lowest BCUT2D eigenvalue weighted by molar-refractivity contribution is 0.0962. The van der Waals surface area contributed by atoms with Crippen LogP contribution in [0.2, 0.25) is 0 Å². The van der Waals surface area contributed by atoms with Crippen LogP contribution in [0.5, 0.6) is 0 Å². The molecular weight excluding hydrogens is 226 g/mol. The van der Waals surface area contributed by atoms with Crippen molar-refractivity contribution in [3.63, 3.8) is 0 Å². The van der Waals surface area contributed by atoms with Crippen LogP contribution in [0, 0.1) is 0 Å². The molecule has 0 saturated heterocycles. The summed E-state index contributed by atoms with van der Waals surface area (Å²) in [6, 6.07) is 8.17. The zero-order valence-corrected chi connectivity index (χ0v) is 10.3. The Balaban J connectivity index is 1.79. The highest BCUT2D eigenvalue weighted by Gasteiger charge is 2.25. The number of carbonyl (C=O) groups excluding carboxylic acids is 1. The number of anilines is 1. The maximum absolute atomic E-state index is 12.2. The van der Waals surface area contributed by atoms with E-state index in [0.717, 1.165) is 12.2 Å². The summed E-state index contributed by atoms with van der Waals surface area (Å²) in [4.78, 5) is 16.3. The molecule has 0 aliphatic carbocycles. The Morgan fingerprint density at radius 2 is 2.33 bits per heavy atom. The van der Waals surface area contributed by atoms with Gasteiger partial charge < -0.3 is 9.88 Å². The number of Topliss-reactive ketones (excluding diaryl/α,β-unsaturated/α-hetero) is 1. The van der Waals surface area contributed by atoms with Crippen LogP contribution in [-0.2, 0) is 7.05 Å². The average Bonchev–Trinajstić information content (AvgIpc) is 2.97. The number of aryl methyl sites for hydroxylation is 1. The van der Waals surface area contributed by atoms with Crippen molar-refractivity contribution in [2.45, 2.75) is 12.3 Å². The number of carbonyl (C=O) groups is 1. The van der Waals surface area contributed by atoms with E-state index < -0.39 is 0 Å². The van der Waals surface area contributed by atoms with E-state index in [1.807, 2.05) is 19.2 Å². The van der Waals surface area contributed by atoms with Crippen LogP contribution in [-0.4, -0.2) is 21.9 Å². The molecular formula is C14H15N3O. The van der Waals surface area contributed by atoms with Crippen LogP contribution in [0.15, 0.2) is 36.7 Å². The number of imidazole rings is 1. The van der Waals surface area contributed by atoms with Crippen LogP contribution in [0.3, 0.4) is 0 Å². The fourth-order valence-electron chi connectivity index (χ4n) is 2.49. The highest BCUT2D eigenvalue weighted by molar-refractivity contribution is 5.93. The van der Waals surface area contributed by atoms with Crippen molar-refractivity contribution in [3.05, 3.63) is 48.0 Å². The van der Waals surface area contributed by atoms with E-state index in [-0.39, 0.29) is 11.7 Å². The summed E-state index contributed by atoms with van der Waals surface area (Å²) >= 11 is 0. The molecule has 0 spiro atoms. The third kappa shape index (κ3) is 1.79. The smallest absolute Gasteiger partial charge is 0.198 e. The van der Waals surface area contributed by atoms with Crippen LogP contribution in [0.25, 0.3) is 0 Å². The average molecular weight is 241 g/mol. The molecule has 3 rings (SSSR count). The number of nitrogens with one attached hydrogen (secondary N) is 1. The van der Waals surface area contributed by atoms with Gasteiger partial charge in [-0.1, -0.05) is 18.2 Å². The molecule has 18 heavy (non-hydrogen) atoms. The minimum atomic E-state index is 0.103. The van der Waals surface area contributed by atoms with Gasteiger partial charge in [-0.3, -0.25) is 4.79 Å². The third-order valence-corrected chi connectivity index (χ3v) is 3.44. The van der Waals surface area contributed by atoms with Gasteiger partial charge in [0.2, 0.25) is 0 Å². The summed E-state index contributed by atoms with van der Waals surface area (Å²) in [7, 11) is 1.85. The van der Waals surface area contributed by atoms with E-state index in [1.54, 1.807) is 17.0 Å². The first-order chi connectivity index (χ1) is 8.75. The van der Waals surface area contributed by atoms with Gasteiger partial charge in [0.1, 0.15) is 0 Å². The van der Waals surface area contributed by atoms with E-state index in [4.69, 9.17) is 0 Å². The molecule has 4 heteroatoms. The molecule has 92 valence electrons. The molecule has 0 radical (unpaired) electrons. The van der Waals surface area contributed by atoms with Gasteiger partial charge in [0, 0.05) is 44.0 Å². The molecule has 1 aliphatic rings. The molecule has 1 unspecified atom stereocenters. The first-order valence-electron chi connectivity index (χ1n) is 6.09. The minimum Gasteiger partial charge on any atom is -0.384 e. The number of rotatable bonds is 3. The Hall–Kier alpha value is -2.10. The maximum atomic E-state index is 12.2. The van der Waals surface area contributed by atoms with Gasteiger partial charge in [-0.2, -0.15) is 0 Å². The van der Waals surface area contributed by atoms with Gasteiger partial charge in [-0.05, 0) is 11.6 Å². The molecule has 2 aromatic rings. The van der Waals surface area contributed by atoms with Crippen molar-refractivity contribution in [3.8, 4) is 0 Å². The van der Waals surface area contributed by atoms with Gasteiger partial charge in [0.05, 0.1) is 0 Å². The topological polar surface area (TPSA) is 46.9 Å². The van der Waals surface area contributed by atoms with E-state index in [1.165, 1.54) is 5.56 Å². The lowest BCUT2D eigenvalue weighted by Gasteiger charge is -2.08. The van der Waals surface area contributed by atoms with E-state index >= 15 is 0 Å². The van der Waals surface area contributed by atoms with Crippen molar-refractivity contribution >= 4 is 11.5 Å². The monoisotopic (exact) mass is 241 g/mol. The molecule has 0 fully saturated rings. The van der Waals surface area contributed by atoms with Crippen molar-refractivity contribution < 1.29 is 4.79 Å². The normalized spacial score (nSPS) is 17.3. The molecule has 4 nitrogen and oxygen atoms in total. The zero-order chi connectivity index (χ0) is 12.5. The van der Waals surface area contributed by atoms with Gasteiger partial charge in [-0.25, -0.2) is 4.98 Å². The molecule has 1 aromatic heterocycles. The summed E-state index contributed by atoms with van der Waals surface area (Å²) < 4.78 is 1.77. The van der Waals surface area contributed by atoms with Crippen molar-refractivity contribution in [1.29, 1.82) is 0 Å². The second-order valence-electron chi connectivity index (χ2n) is 4.65. The molecule has 1 atom stereocenters. The van der Waals surface area contributed by atoms with Crippen LogP contribution in [0.1, 0.15) is 28.5 Å². The fourth-order valence-corrected chi connectivity index (χ4v) is 2.49. The Labute approximate surface area is 106 Å². The first kappa shape index (κ1) is 11.0. The number of fused-ring (bicyclic) bond motifs is 1. The molecule has 0 bridgehead atoms. The Morgan fingerprint density at radius 3 is 3.11 bits per heavy atom. The van der Waals surface area contributed by atoms with E-state index in [2.05, 4.69) is 22.4 Å². The molecule has 0 saturated carbocycles. The summed E-state index contributed by atoms with van der Waals surface area (Å²) in [5.41, 5.74) is 2.38.